The van der Waals surface area contributed by atoms with Crippen molar-refractivity contribution in [3.63, 3.8) is 0 Å². The fourth-order valence-corrected chi connectivity index (χ4v) is 4.38. The average molecular weight is 270 g/mol. The van der Waals surface area contributed by atoms with Crippen LogP contribution in [0.4, 0.5) is 0 Å². The third kappa shape index (κ3) is 2.19. The zero-order chi connectivity index (χ0) is 13.4. The van der Waals surface area contributed by atoms with Gasteiger partial charge in [-0.05, 0) is 49.0 Å². The molecule has 1 aromatic carbocycles. The molecule has 3 heteroatoms. The van der Waals surface area contributed by atoms with Crippen molar-refractivity contribution in [1.82, 2.24) is 5.32 Å². The van der Waals surface area contributed by atoms with Crippen LogP contribution in [0, 0.1) is 17.8 Å². The maximum atomic E-state index is 5.56. The molecule has 1 heterocycles. The lowest BCUT2D eigenvalue weighted by molar-refractivity contribution is 0.247. The molecule has 2 saturated carbocycles. The van der Waals surface area contributed by atoms with Crippen molar-refractivity contribution >= 4 is 6.02 Å². The molecule has 0 spiro atoms. The second-order valence-corrected chi connectivity index (χ2v) is 6.39. The van der Waals surface area contributed by atoms with E-state index in [0.29, 0.717) is 6.04 Å². The van der Waals surface area contributed by atoms with Gasteiger partial charge in [-0.15, -0.1) is 0 Å². The molecule has 106 valence electrons. The molecular weight excluding hydrogens is 248 g/mol. The molecule has 1 aliphatic heterocycles. The van der Waals surface area contributed by atoms with Crippen molar-refractivity contribution in [2.75, 3.05) is 13.2 Å². The van der Waals surface area contributed by atoms with Crippen LogP contribution < -0.4 is 5.32 Å². The molecule has 0 radical (unpaired) electrons. The molecule has 0 saturated heterocycles. The molecule has 2 fully saturated rings. The van der Waals surface area contributed by atoms with Crippen LogP contribution in [0.25, 0.3) is 0 Å². The molecule has 2 aliphatic carbocycles. The number of fused-ring (bicyclic) bond motifs is 2. The van der Waals surface area contributed by atoms with Gasteiger partial charge in [-0.2, -0.15) is 0 Å². The Balaban J connectivity index is 1.50. The second-order valence-electron chi connectivity index (χ2n) is 6.39. The first kappa shape index (κ1) is 12.2. The number of rotatable bonds is 3. The maximum Gasteiger partial charge on any atom is 0.285 e. The highest BCUT2D eigenvalue weighted by Crippen LogP contribution is 2.49. The van der Waals surface area contributed by atoms with Crippen LogP contribution in [0.2, 0.25) is 0 Å². The van der Waals surface area contributed by atoms with Gasteiger partial charge < -0.3 is 10.1 Å². The zero-order valence-corrected chi connectivity index (χ0v) is 11.8. The first-order valence-corrected chi connectivity index (χ1v) is 7.88. The summed E-state index contributed by atoms with van der Waals surface area (Å²) in [6.07, 6.45) is 5.37. The number of hydrogen-bond acceptors (Lipinski definition) is 3. The van der Waals surface area contributed by atoms with Gasteiger partial charge in [0.25, 0.3) is 6.02 Å². The van der Waals surface area contributed by atoms with E-state index in [-0.39, 0.29) is 0 Å². The summed E-state index contributed by atoms with van der Waals surface area (Å²) in [7, 11) is 0. The van der Waals surface area contributed by atoms with Crippen LogP contribution in [0.15, 0.2) is 35.3 Å². The van der Waals surface area contributed by atoms with Crippen LogP contribution in [-0.2, 0) is 11.2 Å². The minimum absolute atomic E-state index is 0.561. The lowest BCUT2D eigenvalue weighted by atomic mass is 9.80. The summed E-state index contributed by atoms with van der Waals surface area (Å²) in [4.78, 5) is 4.41. The molecule has 2 bridgehead atoms. The average Bonchev–Trinajstić information content (AvgIpc) is 3.20. The predicted molar refractivity (Wildman–Crippen MR) is 79.6 cm³/mol. The van der Waals surface area contributed by atoms with Crippen LogP contribution in [0.5, 0.6) is 0 Å². The molecule has 4 rings (SSSR count). The summed E-state index contributed by atoms with van der Waals surface area (Å²) in [5.41, 5.74) is 1.46. The Kier molecular flexibility index (Phi) is 3.13. The number of hydrogen-bond donors (Lipinski definition) is 1. The van der Waals surface area contributed by atoms with Gasteiger partial charge in [-0.1, -0.05) is 30.3 Å². The minimum Gasteiger partial charge on any atom is -0.463 e. The van der Waals surface area contributed by atoms with Crippen LogP contribution in [-0.4, -0.2) is 25.2 Å². The fourth-order valence-electron chi connectivity index (χ4n) is 4.38. The smallest absolute Gasteiger partial charge is 0.285 e. The summed E-state index contributed by atoms with van der Waals surface area (Å²) >= 11 is 0. The van der Waals surface area contributed by atoms with E-state index >= 15 is 0 Å². The van der Waals surface area contributed by atoms with E-state index in [9.17, 15) is 0 Å². The second kappa shape index (κ2) is 5.12. The molecular formula is C17H22N2O. The maximum absolute atomic E-state index is 5.56. The largest absolute Gasteiger partial charge is 0.463 e. The van der Waals surface area contributed by atoms with Crippen molar-refractivity contribution in [2.45, 2.75) is 31.7 Å². The molecule has 3 aliphatic rings. The quantitative estimate of drug-likeness (QED) is 0.916. The molecule has 20 heavy (non-hydrogen) atoms. The fraction of sp³-hybridized carbons (Fsp3) is 0.588. The van der Waals surface area contributed by atoms with Crippen molar-refractivity contribution in [3.8, 4) is 0 Å². The van der Waals surface area contributed by atoms with Gasteiger partial charge in [0.15, 0.2) is 0 Å². The van der Waals surface area contributed by atoms with Gasteiger partial charge in [-0.3, -0.25) is 0 Å². The summed E-state index contributed by atoms with van der Waals surface area (Å²) in [6.45, 7) is 1.55. The molecule has 0 unspecified atom stereocenters. The lowest BCUT2D eigenvalue weighted by Gasteiger charge is -2.32. The Bertz CT molecular complexity index is 499. The Morgan fingerprint density at radius 1 is 1.15 bits per heavy atom. The number of aliphatic imine (C=N–C) groups is 1. The van der Waals surface area contributed by atoms with Crippen LogP contribution in [0.1, 0.15) is 24.8 Å². The molecule has 4 atom stereocenters. The van der Waals surface area contributed by atoms with Gasteiger partial charge in [0.05, 0.1) is 6.54 Å². The highest BCUT2D eigenvalue weighted by Gasteiger charge is 2.47. The first-order chi connectivity index (χ1) is 9.90. The van der Waals surface area contributed by atoms with E-state index in [4.69, 9.17) is 4.74 Å². The standard InChI is InChI=1S/C17H22N2O/c1-2-4-12(5-3-1)10-15-13-6-7-14(11-13)16(15)19-17-18-8-9-20-17/h1-5,13-16H,6-11H2,(H,18,19)/t13-,14+,15+,16-/m1/s1. The van der Waals surface area contributed by atoms with Gasteiger partial charge in [0.2, 0.25) is 0 Å². The summed E-state index contributed by atoms with van der Waals surface area (Å²) < 4.78 is 5.56. The van der Waals surface area contributed by atoms with Crippen molar-refractivity contribution in [3.05, 3.63) is 35.9 Å². The Labute approximate surface area is 120 Å². The number of ether oxygens (including phenoxy) is 1. The zero-order valence-electron chi connectivity index (χ0n) is 11.8. The van der Waals surface area contributed by atoms with Crippen molar-refractivity contribution in [2.24, 2.45) is 22.7 Å². The van der Waals surface area contributed by atoms with Crippen molar-refractivity contribution in [1.29, 1.82) is 0 Å². The number of nitrogens with one attached hydrogen (secondary N) is 1. The van der Waals surface area contributed by atoms with E-state index < -0.39 is 0 Å². The highest BCUT2D eigenvalue weighted by atomic mass is 16.5. The van der Waals surface area contributed by atoms with E-state index in [1.807, 2.05) is 0 Å². The molecule has 0 amide bonds. The van der Waals surface area contributed by atoms with Crippen LogP contribution in [0.3, 0.4) is 0 Å². The molecule has 0 aromatic heterocycles. The molecule has 1 aromatic rings. The van der Waals surface area contributed by atoms with Gasteiger partial charge in [0.1, 0.15) is 6.61 Å². The van der Waals surface area contributed by atoms with E-state index in [2.05, 4.69) is 40.6 Å². The van der Waals surface area contributed by atoms with E-state index in [1.165, 1.54) is 31.2 Å². The highest BCUT2D eigenvalue weighted by molar-refractivity contribution is 5.75. The van der Waals surface area contributed by atoms with Gasteiger partial charge in [0, 0.05) is 6.04 Å². The number of amidine groups is 1. The normalized spacial score (nSPS) is 34.9. The predicted octanol–water partition coefficient (Wildman–Crippen LogP) is 2.62. The summed E-state index contributed by atoms with van der Waals surface area (Å²) in [6, 6.07) is 12.3. The lowest BCUT2D eigenvalue weighted by Crippen LogP contribution is -2.44. The minimum atomic E-state index is 0.561. The summed E-state index contributed by atoms with van der Waals surface area (Å²) in [5.74, 6) is 2.45. The third-order valence-electron chi connectivity index (χ3n) is 5.28. The Hall–Kier alpha value is -1.51. The van der Waals surface area contributed by atoms with Crippen molar-refractivity contribution < 1.29 is 4.74 Å². The third-order valence-corrected chi connectivity index (χ3v) is 5.28. The topological polar surface area (TPSA) is 33.6 Å². The monoisotopic (exact) mass is 270 g/mol. The van der Waals surface area contributed by atoms with Gasteiger partial charge in [-0.25, -0.2) is 4.99 Å². The molecule has 1 N–H and O–H groups in total. The first-order valence-electron chi connectivity index (χ1n) is 7.88. The summed E-state index contributed by atoms with van der Waals surface area (Å²) in [5, 5.41) is 3.61. The molecule has 3 nitrogen and oxygen atoms in total. The Morgan fingerprint density at radius 3 is 2.80 bits per heavy atom. The van der Waals surface area contributed by atoms with Gasteiger partial charge >= 0.3 is 0 Å². The SMILES string of the molecule is c1ccc(C[C@H]2[C@@H]3CC[C@@H](C3)[C@H]2NC2=NCCO2)cc1. The number of benzene rings is 1. The van der Waals surface area contributed by atoms with Crippen LogP contribution >= 0.6 is 0 Å². The van der Waals surface area contributed by atoms with E-state index in [1.54, 1.807) is 0 Å². The Morgan fingerprint density at radius 2 is 2.00 bits per heavy atom. The number of nitrogens with zero attached hydrogens (tertiary/aromatic N) is 1. The van der Waals surface area contributed by atoms with E-state index in [0.717, 1.165) is 36.9 Å².